The standard InChI is InChI=1S/C14H22N2O/c1-6-15-9-13(17)16(5)14-11(3)7-10(2)8-12(14)4/h7-8,15H,6,9H2,1-5H3. The molecule has 17 heavy (non-hydrogen) atoms. The second-order valence-electron chi connectivity index (χ2n) is 4.48. The SMILES string of the molecule is CCNCC(=O)N(C)c1c(C)cc(C)cc1C. The topological polar surface area (TPSA) is 32.3 Å². The van der Waals surface area contributed by atoms with Gasteiger partial charge in [0.25, 0.3) is 0 Å². The molecule has 1 N–H and O–H groups in total. The van der Waals surface area contributed by atoms with Crippen LogP contribution in [0.5, 0.6) is 0 Å². The van der Waals surface area contributed by atoms with E-state index in [4.69, 9.17) is 0 Å². The van der Waals surface area contributed by atoms with Gasteiger partial charge in [-0.25, -0.2) is 0 Å². The van der Waals surface area contributed by atoms with Gasteiger partial charge in [-0.05, 0) is 38.4 Å². The second kappa shape index (κ2) is 5.82. The fourth-order valence-corrected chi connectivity index (χ4v) is 2.18. The zero-order valence-corrected chi connectivity index (χ0v) is 11.4. The van der Waals surface area contributed by atoms with Crippen molar-refractivity contribution in [2.75, 3.05) is 25.0 Å². The highest BCUT2D eigenvalue weighted by atomic mass is 16.2. The van der Waals surface area contributed by atoms with E-state index in [0.29, 0.717) is 6.54 Å². The lowest BCUT2D eigenvalue weighted by Crippen LogP contribution is -2.36. The molecular formula is C14H22N2O. The average molecular weight is 234 g/mol. The first kappa shape index (κ1) is 13.7. The van der Waals surface area contributed by atoms with Crippen molar-refractivity contribution in [3.63, 3.8) is 0 Å². The van der Waals surface area contributed by atoms with E-state index in [2.05, 4.69) is 24.4 Å². The number of rotatable bonds is 4. The minimum absolute atomic E-state index is 0.0990. The maximum Gasteiger partial charge on any atom is 0.240 e. The molecule has 0 aliphatic rings. The molecule has 0 aromatic heterocycles. The fourth-order valence-electron chi connectivity index (χ4n) is 2.18. The third kappa shape index (κ3) is 3.30. The molecule has 1 amide bonds. The van der Waals surface area contributed by atoms with E-state index in [-0.39, 0.29) is 5.91 Å². The number of aryl methyl sites for hydroxylation is 3. The van der Waals surface area contributed by atoms with Crippen molar-refractivity contribution in [2.45, 2.75) is 27.7 Å². The third-order valence-corrected chi connectivity index (χ3v) is 2.87. The Labute approximate surface area is 104 Å². The number of hydrogen-bond donors (Lipinski definition) is 1. The van der Waals surface area contributed by atoms with Crippen LogP contribution in [0, 0.1) is 20.8 Å². The highest BCUT2D eigenvalue weighted by Crippen LogP contribution is 2.25. The number of carbonyl (C=O) groups is 1. The van der Waals surface area contributed by atoms with Gasteiger partial charge in [-0.1, -0.05) is 24.6 Å². The van der Waals surface area contributed by atoms with Gasteiger partial charge in [0, 0.05) is 12.7 Å². The molecule has 0 aliphatic carbocycles. The first-order chi connectivity index (χ1) is 7.97. The van der Waals surface area contributed by atoms with Crippen molar-refractivity contribution in [1.29, 1.82) is 0 Å². The molecule has 0 spiro atoms. The van der Waals surface area contributed by atoms with Crippen LogP contribution < -0.4 is 10.2 Å². The Morgan fingerprint density at radius 1 is 1.24 bits per heavy atom. The first-order valence-corrected chi connectivity index (χ1v) is 6.02. The molecule has 0 heterocycles. The molecule has 0 saturated heterocycles. The number of amides is 1. The van der Waals surface area contributed by atoms with Crippen LogP contribution in [-0.2, 0) is 4.79 Å². The highest BCUT2D eigenvalue weighted by Gasteiger charge is 2.14. The lowest BCUT2D eigenvalue weighted by atomic mass is 10.0. The normalized spacial score (nSPS) is 10.4. The largest absolute Gasteiger partial charge is 0.314 e. The Bertz CT molecular complexity index is 390. The molecule has 0 unspecified atom stereocenters. The molecule has 0 fully saturated rings. The Kier molecular flexibility index (Phi) is 4.70. The van der Waals surface area contributed by atoms with E-state index < -0.39 is 0 Å². The van der Waals surface area contributed by atoms with E-state index in [1.54, 1.807) is 4.90 Å². The summed E-state index contributed by atoms with van der Waals surface area (Å²) in [5.41, 5.74) is 4.56. The van der Waals surface area contributed by atoms with Gasteiger partial charge in [0.1, 0.15) is 0 Å². The quantitative estimate of drug-likeness (QED) is 0.866. The molecule has 0 bridgehead atoms. The molecule has 3 heteroatoms. The summed E-state index contributed by atoms with van der Waals surface area (Å²) in [5.74, 6) is 0.0990. The minimum Gasteiger partial charge on any atom is -0.314 e. The number of nitrogens with zero attached hydrogens (tertiary/aromatic N) is 1. The third-order valence-electron chi connectivity index (χ3n) is 2.87. The molecule has 0 saturated carbocycles. The first-order valence-electron chi connectivity index (χ1n) is 6.02. The molecule has 94 valence electrons. The lowest BCUT2D eigenvalue weighted by Gasteiger charge is -2.22. The summed E-state index contributed by atoms with van der Waals surface area (Å²) < 4.78 is 0. The predicted octanol–water partition coefficient (Wildman–Crippen LogP) is 2.18. The molecule has 3 nitrogen and oxygen atoms in total. The molecule has 1 aromatic carbocycles. The maximum absolute atomic E-state index is 12.0. The van der Waals surface area contributed by atoms with Gasteiger partial charge in [-0.15, -0.1) is 0 Å². The van der Waals surface area contributed by atoms with Gasteiger partial charge in [0.2, 0.25) is 5.91 Å². The second-order valence-corrected chi connectivity index (χ2v) is 4.48. The predicted molar refractivity (Wildman–Crippen MR) is 72.6 cm³/mol. The summed E-state index contributed by atoms with van der Waals surface area (Å²) in [4.78, 5) is 13.7. The number of carbonyl (C=O) groups excluding carboxylic acids is 1. The number of nitrogens with one attached hydrogen (secondary N) is 1. The van der Waals surface area contributed by atoms with Crippen LogP contribution in [0.25, 0.3) is 0 Å². The molecule has 0 atom stereocenters. The Balaban J connectivity index is 2.96. The minimum atomic E-state index is 0.0990. The number of likely N-dealkylation sites (N-methyl/N-ethyl adjacent to an activating group) is 2. The van der Waals surface area contributed by atoms with Crippen LogP contribution in [0.15, 0.2) is 12.1 Å². The fraction of sp³-hybridized carbons (Fsp3) is 0.500. The average Bonchev–Trinajstić information content (AvgIpc) is 2.24. The van der Waals surface area contributed by atoms with Gasteiger partial charge in [0.05, 0.1) is 6.54 Å². The Hall–Kier alpha value is -1.35. The zero-order chi connectivity index (χ0) is 13.0. The number of anilines is 1. The summed E-state index contributed by atoms with van der Waals surface area (Å²) >= 11 is 0. The van der Waals surface area contributed by atoms with Crippen LogP contribution in [0.1, 0.15) is 23.6 Å². The van der Waals surface area contributed by atoms with E-state index in [1.165, 1.54) is 5.56 Å². The van der Waals surface area contributed by atoms with Gasteiger partial charge >= 0.3 is 0 Å². The van der Waals surface area contributed by atoms with Crippen LogP contribution in [-0.4, -0.2) is 26.0 Å². The van der Waals surface area contributed by atoms with Gasteiger partial charge in [-0.2, -0.15) is 0 Å². The van der Waals surface area contributed by atoms with Crippen LogP contribution in [0.4, 0.5) is 5.69 Å². The summed E-state index contributed by atoms with van der Waals surface area (Å²) in [5, 5.41) is 3.06. The summed E-state index contributed by atoms with van der Waals surface area (Å²) in [7, 11) is 1.84. The molecule has 0 aliphatic heterocycles. The van der Waals surface area contributed by atoms with Crippen molar-refractivity contribution in [1.82, 2.24) is 5.32 Å². The van der Waals surface area contributed by atoms with Gasteiger partial charge in [0.15, 0.2) is 0 Å². The highest BCUT2D eigenvalue weighted by molar-refractivity contribution is 5.95. The Morgan fingerprint density at radius 2 is 1.76 bits per heavy atom. The van der Waals surface area contributed by atoms with Gasteiger partial charge < -0.3 is 10.2 Å². The zero-order valence-electron chi connectivity index (χ0n) is 11.4. The van der Waals surface area contributed by atoms with Crippen LogP contribution in [0.2, 0.25) is 0 Å². The lowest BCUT2D eigenvalue weighted by molar-refractivity contribution is -0.117. The van der Waals surface area contributed by atoms with E-state index in [1.807, 2.05) is 27.8 Å². The summed E-state index contributed by atoms with van der Waals surface area (Å²) in [6, 6.07) is 4.22. The van der Waals surface area contributed by atoms with Crippen LogP contribution in [0.3, 0.4) is 0 Å². The van der Waals surface area contributed by atoms with Crippen molar-refractivity contribution in [3.8, 4) is 0 Å². The van der Waals surface area contributed by atoms with Crippen molar-refractivity contribution >= 4 is 11.6 Å². The van der Waals surface area contributed by atoms with Gasteiger partial charge in [-0.3, -0.25) is 4.79 Å². The molecule has 1 aromatic rings. The van der Waals surface area contributed by atoms with Crippen molar-refractivity contribution < 1.29 is 4.79 Å². The van der Waals surface area contributed by atoms with E-state index in [0.717, 1.165) is 23.4 Å². The molecular weight excluding hydrogens is 212 g/mol. The summed E-state index contributed by atoms with van der Waals surface area (Å²) in [6.07, 6.45) is 0. The number of hydrogen-bond acceptors (Lipinski definition) is 2. The smallest absolute Gasteiger partial charge is 0.240 e. The van der Waals surface area contributed by atoms with Crippen molar-refractivity contribution in [3.05, 3.63) is 28.8 Å². The maximum atomic E-state index is 12.0. The monoisotopic (exact) mass is 234 g/mol. The van der Waals surface area contributed by atoms with E-state index in [9.17, 15) is 4.79 Å². The number of benzene rings is 1. The molecule has 0 radical (unpaired) electrons. The Morgan fingerprint density at radius 3 is 2.24 bits per heavy atom. The van der Waals surface area contributed by atoms with E-state index >= 15 is 0 Å². The molecule has 1 rings (SSSR count). The summed E-state index contributed by atoms with van der Waals surface area (Å²) in [6.45, 7) is 9.36. The van der Waals surface area contributed by atoms with Crippen molar-refractivity contribution in [2.24, 2.45) is 0 Å². The van der Waals surface area contributed by atoms with Crippen LogP contribution >= 0.6 is 0 Å².